The maximum Gasteiger partial charge on any atom is 0.273 e. The van der Waals surface area contributed by atoms with Gasteiger partial charge in [-0.3, -0.25) is 19.3 Å². The van der Waals surface area contributed by atoms with E-state index in [1.807, 2.05) is 29.9 Å². The Morgan fingerprint density at radius 2 is 1.69 bits per heavy atom. The summed E-state index contributed by atoms with van der Waals surface area (Å²) in [6.45, 7) is 3.35. The van der Waals surface area contributed by atoms with Crippen molar-refractivity contribution in [2.75, 3.05) is 13.1 Å². The molecule has 35 heavy (non-hydrogen) atoms. The number of rotatable bonds is 4. The molecule has 2 fully saturated rings. The molecule has 0 saturated carbocycles. The summed E-state index contributed by atoms with van der Waals surface area (Å²) in [7, 11) is 2.01. The zero-order chi connectivity index (χ0) is 24.1. The summed E-state index contributed by atoms with van der Waals surface area (Å²) in [5.41, 5.74) is 5.34. The van der Waals surface area contributed by atoms with E-state index in [1.165, 1.54) is 35.2 Å². The van der Waals surface area contributed by atoms with Gasteiger partial charge in [-0.25, -0.2) is 9.99 Å². The fraction of sp³-hybridized carbons (Fsp3) is 0.407. The zero-order valence-electron chi connectivity index (χ0n) is 20.0. The molecule has 0 unspecified atom stereocenters. The van der Waals surface area contributed by atoms with Gasteiger partial charge in [-0.1, -0.05) is 12.5 Å². The fourth-order valence-corrected chi connectivity index (χ4v) is 5.57. The second kappa shape index (κ2) is 8.61. The van der Waals surface area contributed by atoms with Gasteiger partial charge in [0.2, 0.25) is 11.8 Å². The monoisotopic (exact) mass is 471 g/mol. The molecule has 6 rings (SSSR count). The molecule has 5 heterocycles. The molecule has 1 aromatic carbocycles. The smallest absolute Gasteiger partial charge is 0.273 e. The van der Waals surface area contributed by atoms with Crippen molar-refractivity contribution in [2.24, 2.45) is 7.05 Å². The molecule has 2 saturated heterocycles. The average Bonchev–Trinajstić information content (AvgIpc) is 3.39. The van der Waals surface area contributed by atoms with Crippen LogP contribution in [0.1, 0.15) is 60.0 Å². The van der Waals surface area contributed by atoms with E-state index in [0.717, 1.165) is 47.1 Å². The van der Waals surface area contributed by atoms with Crippen LogP contribution in [-0.2, 0) is 29.7 Å². The van der Waals surface area contributed by atoms with Crippen LogP contribution in [0, 0.1) is 0 Å². The minimum absolute atomic E-state index is 0.215. The molecule has 2 aromatic heterocycles. The Kier molecular flexibility index (Phi) is 5.40. The Morgan fingerprint density at radius 1 is 0.914 bits per heavy atom. The SMILES string of the molecule is Cn1ccc2c(CN3CCCCC3)cc(-c3ccc4c(c3)CN(N3C(=O)CCCC3=O)C4=O)nc21. The van der Waals surface area contributed by atoms with Gasteiger partial charge in [-0.15, -0.1) is 0 Å². The predicted molar refractivity (Wildman–Crippen MR) is 131 cm³/mol. The molecule has 180 valence electrons. The van der Waals surface area contributed by atoms with Gasteiger partial charge in [0.15, 0.2) is 0 Å². The Hall–Kier alpha value is -3.52. The number of benzene rings is 1. The van der Waals surface area contributed by atoms with Crippen molar-refractivity contribution in [2.45, 2.75) is 51.6 Å². The summed E-state index contributed by atoms with van der Waals surface area (Å²) in [6.07, 6.45) is 6.96. The summed E-state index contributed by atoms with van der Waals surface area (Å²) in [5.74, 6) is -0.909. The molecule has 0 bridgehead atoms. The van der Waals surface area contributed by atoms with Gasteiger partial charge in [0, 0.05) is 49.1 Å². The van der Waals surface area contributed by atoms with Crippen LogP contribution < -0.4 is 0 Å². The van der Waals surface area contributed by atoms with Crippen LogP contribution in [0.4, 0.5) is 0 Å². The number of pyridine rings is 1. The van der Waals surface area contributed by atoms with Gasteiger partial charge in [0.25, 0.3) is 5.91 Å². The van der Waals surface area contributed by atoms with E-state index in [2.05, 4.69) is 17.0 Å². The molecule has 3 amide bonds. The van der Waals surface area contributed by atoms with Gasteiger partial charge in [0.05, 0.1) is 12.2 Å². The highest BCUT2D eigenvalue weighted by atomic mass is 16.2. The maximum atomic E-state index is 13.1. The number of hydrazine groups is 1. The number of nitrogens with zero attached hydrogens (tertiary/aromatic N) is 5. The third-order valence-corrected chi connectivity index (χ3v) is 7.45. The van der Waals surface area contributed by atoms with Crippen molar-refractivity contribution in [3.63, 3.8) is 0 Å². The van der Waals surface area contributed by atoms with Crippen molar-refractivity contribution in [3.05, 3.63) is 53.2 Å². The summed E-state index contributed by atoms with van der Waals surface area (Å²) in [6, 6.07) is 10.0. The first kappa shape index (κ1) is 22.0. The highest BCUT2D eigenvalue weighted by Crippen LogP contribution is 2.32. The van der Waals surface area contributed by atoms with E-state index < -0.39 is 0 Å². The lowest BCUT2D eigenvalue weighted by atomic mass is 10.0. The lowest BCUT2D eigenvalue weighted by Gasteiger charge is -2.32. The van der Waals surface area contributed by atoms with E-state index in [-0.39, 0.29) is 37.1 Å². The maximum absolute atomic E-state index is 13.1. The van der Waals surface area contributed by atoms with Crippen molar-refractivity contribution < 1.29 is 14.4 Å². The number of aryl methyl sites for hydroxylation is 1. The van der Waals surface area contributed by atoms with E-state index in [1.54, 1.807) is 6.07 Å². The molecule has 0 spiro atoms. The van der Waals surface area contributed by atoms with Crippen LogP contribution in [0.25, 0.3) is 22.3 Å². The minimum Gasteiger partial charge on any atom is -0.336 e. The first-order valence-corrected chi connectivity index (χ1v) is 12.5. The largest absolute Gasteiger partial charge is 0.336 e. The Balaban J connectivity index is 1.35. The van der Waals surface area contributed by atoms with Crippen molar-refractivity contribution in [1.29, 1.82) is 0 Å². The van der Waals surface area contributed by atoms with Crippen LogP contribution in [0.2, 0.25) is 0 Å². The summed E-state index contributed by atoms with van der Waals surface area (Å²) >= 11 is 0. The lowest BCUT2D eigenvalue weighted by molar-refractivity contribution is -0.163. The van der Waals surface area contributed by atoms with Crippen molar-refractivity contribution in [1.82, 2.24) is 24.5 Å². The number of hydrogen-bond acceptors (Lipinski definition) is 5. The fourth-order valence-electron chi connectivity index (χ4n) is 5.57. The van der Waals surface area contributed by atoms with Crippen LogP contribution in [-0.4, -0.2) is 55.3 Å². The number of carbonyl (C=O) groups excluding carboxylic acids is 3. The normalized spacial score (nSPS) is 19.2. The zero-order valence-corrected chi connectivity index (χ0v) is 20.0. The van der Waals surface area contributed by atoms with E-state index in [9.17, 15) is 14.4 Å². The average molecular weight is 472 g/mol. The highest BCUT2D eigenvalue weighted by molar-refractivity contribution is 6.04. The lowest BCUT2D eigenvalue weighted by Crippen LogP contribution is -2.51. The Morgan fingerprint density at radius 3 is 2.46 bits per heavy atom. The number of piperidine rings is 2. The molecule has 3 aromatic rings. The molecular formula is C27H29N5O3. The molecular weight excluding hydrogens is 442 g/mol. The quantitative estimate of drug-likeness (QED) is 0.543. The number of hydrogen-bond donors (Lipinski definition) is 0. The molecule has 3 aliphatic heterocycles. The molecule has 0 aliphatic carbocycles. The van der Waals surface area contributed by atoms with E-state index in [0.29, 0.717) is 12.0 Å². The standard InChI is InChI=1S/C27H29N5O3/c1-29-13-10-21-20(16-30-11-3-2-4-12-30)15-23(28-26(21)29)18-8-9-22-19(14-18)17-31(27(22)35)32-24(33)6-5-7-25(32)34/h8-10,13-15H,2-7,11-12,16-17H2,1H3. The number of amides is 3. The van der Waals surface area contributed by atoms with Crippen LogP contribution >= 0.6 is 0 Å². The Bertz CT molecular complexity index is 1340. The third kappa shape index (κ3) is 3.82. The highest BCUT2D eigenvalue weighted by Gasteiger charge is 2.39. The minimum atomic E-state index is -0.305. The van der Waals surface area contributed by atoms with Crippen LogP contribution in [0.5, 0.6) is 0 Å². The second-order valence-corrected chi connectivity index (χ2v) is 9.85. The summed E-state index contributed by atoms with van der Waals surface area (Å²) in [4.78, 5) is 45.3. The van der Waals surface area contributed by atoms with Crippen molar-refractivity contribution >= 4 is 28.8 Å². The molecule has 0 N–H and O–H groups in total. The first-order chi connectivity index (χ1) is 17.0. The van der Waals surface area contributed by atoms with Crippen molar-refractivity contribution in [3.8, 4) is 11.3 Å². The van der Waals surface area contributed by atoms with Crippen LogP contribution in [0.3, 0.4) is 0 Å². The van der Waals surface area contributed by atoms with E-state index >= 15 is 0 Å². The second-order valence-electron chi connectivity index (χ2n) is 9.85. The number of fused-ring (bicyclic) bond motifs is 2. The Labute approximate surface area is 204 Å². The number of carbonyl (C=O) groups is 3. The van der Waals surface area contributed by atoms with Gasteiger partial charge in [-0.05, 0) is 67.7 Å². The van der Waals surface area contributed by atoms with Gasteiger partial charge in [0.1, 0.15) is 5.65 Å². The van der Waals surface area contributed by atoms with Crippen LogP contribution in [0.15, 0.2) is 36.5 Å². The first-order valence-electron chi connectivity index (χ1n) is 12.5. The molecule has 8 nitrogen and oxygen atoms in total. The number of aromatic nitrogens is 2. The number of imide groups is 1. The molecule has 8 heteroatoms. The van der Waals surface area contributed by atoms with Gasteiger partial charge < -0.3 is 4.57 Å². The predicted octanol–water partition coefficient (Wildman–Crippen LogP) is 3.64. The third-order valence-electron chi connectivity index (χ3n) is 7.45. The van der Waals surface area contributed by atoms with E-state index in [4.69, 9.17) is 4.98 Å². The summed E-state index contributed by atoms with van der Waals surface area (Å²) in [5, 5.41) is 3.52. The molecule has 3 aliphatic rings. The topological polar surface area (TPSA) is 78.8 Å². The van der Waals surface area contributed by atoms with Gasteiger partial charge in [-0.2, -0.15) is 5.01 Å². The molecule has 0 atom stereocenters. The molecule has 0 radical (unpaired) electrons. The number of likely N-dealkylation sites (tertiary alicyclic amines) is 1. The summed E-state index contributed by atoms with van der Waals surface area (Å²) < 4.78 is 2.05. The van der Waals surface area contributed by atoms with Gasteiger partial charge >= 0.3 is 0 Å².